The molecule has 2 heterocycles. The lowest BCUT2D eigenvalue weighted by Gasteiger charge is -2.43. The molecule has 2 aliphatic heterocycles. The van der Waals surface area contributed by atoms with E-state index in [1.54, 1.807) is 0 Å². The highest BCUT2D eigenvalue weighted by molar-refractivity contribution is 4.92. The summed E-state index contributed by atoms with van der Waals surface area (Å²) < 4.78 is 5.95. The van der Waals surface area contributed by atoms with Gasteiger partial charge in [0.1, 0.15) is 0 Å². The molecule has 5 atom stereocenters. The number of likely N-dealkylation sites (tertiary alicyclic amines) is 1. The standard InChI is InChI=1S/C15H28N2O/c1-11-3-2-4-12(7-11)15(8-16)17-9-13-5-6-14(10-17)18-13/h11-15H,2-10,16H2,1H3. The Morgan fingerprint density at radius 3 is 2.50 bits per heavy atom. The second-order valence-electron chi connectivity index (χ2n) is 6.75. The normalized spacial score (nSPS) is 43.0. The summed E-state index contributed by atoms with van der Waals surface area (Å²) >= 11 is 0. The molecule has 1 aliphatic carbocycles. The van der Waals surface area contributed by atoms with Gasteiger partial charge >= 0.3 is 0 Å². The van der Waals surface area contributed by atoms with Gasteiger partial charge in [-0.25, -0.2) is 0 Å². The topological polar surface area (TPSA) is 38.5 Å². The molecule has 18 heavy (non-hydrogen) atoms. The van der Waals surface area contributed by atoms with Gasteiger partial charge in [-0.1, -0.05) is 19.8 Å². The zero-order valence-electron chi connectivity index (χ0n) is 11.7. The van der Waals surface area contributed by atoms with Crippen LogP contribution in [-0.2, 0) is 4.74 Å². The third kappa shape index (κ3) is 2.59. The molecule has 0 spiro atoms. The minimum absolute atomic E-state index is 0.499. The van der Waals surface area contributed by atoms with Crippen LogP contribution < -0.4 is 5.73 Å². The third-order valence-corrected chi connectivity index (χ3v) is 5.30. The molecule has 0 aromatic carbocycles. The Kier molecular flexibility index (Phi) is 3.92. The van der Waals surface area contributed by atoms with Crippen molar-refractivity contribution < 1.29 is 4.74 Å². The smallest absolute Gasteiger partial charge is 0.0707 e. The van der Waals surface area contributed by atoms with E-state index in [1.807, 2.05) is 0 Å². The van der Waals surface area contributed by atoms with Gasteiger partial charge in [0.15, 0.2) is 0 Å². The molecular formula is C15H28N2O. The van der Waals surface area contributed by atoms with E-state index in [9.17, 15) is 0 Å². The minimum Gasteiger partial charge on any atom is -0.372 e. The first-order valence-corrected chi connectivity index (χ1v) is 7.86. The van der Waals surface area contributed by atoms with Gasteiger partial charge in [0.05, 0.1) is 12.2 Å². The highest BCUT2D eigenvalue weighted by Gasteiger charge is 2.39. The highest BCUT2D eigenvalue weighted by Crippen LogP contribution is 2.35. The fraction of sp³-hybridized carbons (Fsp3) is 1.00. The molecule has 3 heteroatoms. The van der Waals surface area contributed by atoms with Gasteiger partial charge in [0.2, 0.25) is 0 Å². The summed E-state index contributed by atoms with van der Waals surface area (Å²) in [6.45, 7) is 5.49. The maximum atomic E-state index is 6.11. The maximum Gasteiger partial charge on any atom is 0.0707 e. The van der Waals surface area contributed by atoms with Crippen LogP contribution in [0.1, 0.15) is 45.4 Å². The van der Waals surface area contributed by atoms with E-state index in [0.717, 1.165) is 31.5 Å². The van der Waals surface area contributed by atoms with Gasteiger partial charge in [0, 0.05) is 25.7 Å². The summed E-state index contributed by atoms with van der Waals surface area (Å²) in [7, 11) is 0. The predicted octanol–water partition coefficient (Wildman–Crippen LogP) is 2.00. The summed E-state index contributed by atoms with van der Waals surface area (Å²) in [6.07, 6.45) is 9.12. The molecule has 0 radical (unpaired) electrons. The second kappa shape index (κ2) is 5.48. The van der Waals surface area contributed by atoms with Crippen molar-refractivity contribution in [2.75, 3.05) is 19.6 Å². The van der Waals surface area contributed by atoms with E-state index >= 15 is 0 Å². The first-order chi connectivity index (χ1) is 8.76. The van der Waals surface area contributed by atoms with Crippen LogP contribution in [0.2, 0.25) is 0 Å². The van der Waals surface area contributed by atoms with Gasteiger partial charge in [-0.05, 0) is 37.5 Å². The molecule has 2 bridgehead atoms. The Labute approximate surface area is 111 Å². The van der Waals surface area contributed by atoms with Crippen LogP contribution in [0.3, 0.4) is 0 Å². The molecule has 3 aliphatic rings. The Morgan fingerprint density at radius 1 is 1.17 bits per heavy atom. The number of fused-ring (bicyclic) bond motifs is 2. The Bertz CT molecular complexity index is 272. The first-order valence-electron chi connectivity index (χ1n) is 7.86. The van der Waals surface area contributed by atoms with Crippen molar-refractivity contribution in [3.63, 3.8) is 0 Å². The summed E-state index contributed by atoms with van der Waals surface area (Å²) in [5, 5.41) is 0. The van der Waals surface area contributed by atoms with Crippen molar-refractivity contribution in [1.29, 1.82) is 0 Å². The third-order valence-electron chi connectivity index (χ3n) is 5.30. The molecular weight excluding hydrogens is 224 g/mol. The molecule has 3 fully saturated rings. The lowest BCUT2D eigenvalue weighted by atomic mass is 9.78. The summed E-state index contributed by atoms with van der Waals surface area (Å²) in [5.74, 6) is 1.73. The van der Waals surface area contributed by atoms with Crippen LogP contribution in [0.4, 0.5) is 0 Å². The van der Waals surface area contributed by atoms with Gasteiger partial charge in [-0.15, -0.1) is 0 Å². The lowest BCUT2D eigenvalue weighted by Crippen LogP contribution is -2.53. The number of nitrogens with two attached hydrogens (primary N) is 1. The van der Waals surface area contributed by atoms with Gasteiger partial charge in [-0.2, -0.15) is 0 Å². The van der Waals surface area contributed by atoms with Crippen LogP contribution in [0, 0.1) is 11.8 Å². The quantitative estimate of drug-likeness (QED) is 0.835. The maximum absolute atomic E-state index is 6.11. The van der Waals surface area contributed by atoms with Crippen molar-refractivity contribution in [2.45, 2.75) is 63.7 Å². The van der Waals surface area contributed by atoms with E-state index < -0.39 is 0 Å². The second-order valence-corrected chi connectivity index (χ2v) is 6.75. The number of rotatable bonds is 3. The fourth-order valence-electron chi connectivity index (χ4n) is 4.39. The Hall–Kier alpha value is -0.120. The summed E-state index contributed by atoms with van der Waals surface area (Å²) in [6, 6.07) is 0.611. The van der Waals surface area contributed by atoms with Crippen LogP contribution in [0.15, 0.2) is 0 Å². The van der Waals surface area contributed by atoms with Crippen molar-refractivity contribution in [3.8, 4) is 0 Å². The molecule has 0 aromatic rings. The molecule has 3 nitrogen and oxygen atoms in total. The molecule has 104 valence electrons. The zero-order chi connectivity index (χ0) is 12.5. The minimum atomic E-state index is 0.499. The molecule has 0 aromatic heterocycles. The number of morpholine rings is 1. The highest BCUT2D eigenvalue weighted by atomic mass is 16.5. The average Bonchev–Trinajstić information content (AvgIpc) is 2.70. The van der Waals surface area contributed by atoms with Crippen LogP contribution in [-0.4, -0.2) is 42.8 Å². The molecule has 0 amide bonds. The number of hydrogen-bond donors (Lipinski definition) is 1. The molecule has 1 saturated carbocycles. The molecule has 2 N–H and O–H groups in total. The predicted molar refractivity (Wildman–Crippen MR) is 73.4 cm³/mol. The van der Waals surface area contributed by atoms with Crippen molar-refractivity contribution in [2.24, 2.45) is 17.6 Å². The van der Waals surface area contributed by atoms with Crippen molar-refractivity contribution in [3.05, 3.63) is 0 Å². The monoisotopic (exact) mass is 252 g/mol. The Balaban J connectivity index is 1.64. The Morgan fingerprint density at radius 2 is 1.89 bits per heavy atom. The van der Waals surface area contributed by atoms with Gasteiger partial charge in [0.25, 0.3) is 0 Å². The molecule has 3 rings (SSSR count). The zero-order valence-corrected chi connectivity index (χ0v) is 11.7. The lowest BCUT2D eigenvalue weighted by molar-refractivity contribution is -0.0630. The first kappa shape index (κ1) is 12.9. The van der Waals surface area contributed by atoms with Gasteiger partial charge in [-0.3, -0.25) is 4.90 Å². The average molecular weight is 252 g/mol. The number of hydrogen-bond acceptors (Lipinski definition) is 3. The summed E-state index contributed by atoms with van der Waals surface area (Å²) in [5.41, 5.74) is 6.11. The SMILES string of the molecule is CC1CCCC(C(CN)N2CC3CCC(C2)O3)C1. The van der Waals surface area contributed by atoms with Crippen LogP contribution in [0.5, 0.6) is 0 Å². The molecule has 5 unspecified atom stereocenters. The van der Waals surface area contributed by atoms with E-state index in [-0.39, 0.29) is 0 Å². The van der Waals surface area contributed by atoms with Crippen molar-refractivity contribution in [1.82, 2.24) is 4.90 Å². The number of nitrogens with zero attached hydrogens (tertiary/aromatic N) is 1. The van der Waals surface area contributed by atoms with Crippen LogP contribution >= 0.6 is 0 Å². The van der Waals surface area contributed by atoms with E-state index in [4.69, 9.17) is 10.5 Å². The van der Waals surface area contributed by atoms with E-state index in [2.05, 4.69) is 11.8 Å². The van der Waals surface area contributed by atoms with E-state index in [0.29, 0.717) is 18.2 Å². The van der Waals surface area contributed by atoms with Crippen molar-refractivity contribution >= 4 is 0 Å². The molecule has 2 saturated heterocycles. The number of ether oxygens (including phenoxy) is 1. The van der Waals surface area contributed by atoms with Crippen LogP contribution in [0.25, 0.3) is 0 Å². The van der Waals surface area contributed by atoms with Gasteiger partial charge < -0.3 is 10.5 Å². The fourth-order valence-corrected chi connectivity index (χ4v) is 4.39. The van der Waals surface area contributed by atoms with E-state index in [1.165, 1.54) is 38.5 Å². The summed E-state index contributed by atoms with van der Waals surface area (Å²) in [4.78, 5) is 2.66. The largest absolute Gasteiger partial charge is 0.372 e.